The first-order chi connectivity index (χ1) is 15.7. The molecule has 0 aromatic heterocycles. The summed E-state index contributed by atoms with van der Waals surface area (Å²) in [6, 6.07) is 10.6. The molecule has 1 aromatic carbocycles. The predicted molar refractivity (Wildman–Crippen MR) is 139 cm³/mol. The first-order valence-corrected chi connectivity index (χ1v) is 15.3. The Morgan fingerprint density at radius 2 is 1.88 bits per heavy atom. The SMILES string of the molecule is CC[Si](CC)(CC)O[C@H](C)[C@H]1C(=O)N2C(C(=O)O)=C(/C=C/COc3ccccc3I)[C@H](C)[C@H]12. The number of fused-ring (bicyclic) bond motifs is 1. The van der Waals surface area contributed by atoms with Gasteiger partial charge in [0.2, 0.25) is 5.91 Å². The van der Waals surface area contributed by atoms with Crippen molar-refractivity contribution in [3.8, 4) is 5.75 Å². The van der Waals surface area contributed by atoms with Gasteiger partial charge in [-0.3, -0.25) is 4.79 Å². The molecular formula is C25H34INO5Si. The Morgan fingerprint density at radius 1 is 1.24 bits per heavy atom. The fourth-order valence-corrected chi connectivity index (χ4v) is 8.62. The maximum atomic E-state index is 13.1. The zero-order valence-corrected chi connectivity index (χ0v) is 23.2. The number of β-lactam (4-membered cyclic amide) rings is 1. The van der Waals surface area contributed by atoms with Gasteiger partial charge in [0.05, 0.1) is 21.6 Å². The Bertz CT molecular complexity index is 950. The van der Waals surface area contributed by atoms with Crippen LogP contribution < -0.4 is 4.74 Å². The van der Waals surface area contributed by atoms with Gasteiger partial charge < -0.3 is 19.2 Å². The summed E-state index contributed by atoms with van der Waals surface area (Å²) in [4.78, 5) is 26.7. The quantitative estimate of drug-likeness (QED) is 0.213. The number of aliphatic carboxylic acids is 1. The third kappa shape index (κ3) is 4.93. The molecule has 1 amide bonds. The molecule has 1 aromatic rings. The second-order valence-electron chi connectivity index (χ2n) is 8.83. The Labute approximate surface area is 211 Å². The van der Waals surface area contributed by atoms with Crippen molar-refractivity contribution in [1.82, 2.24) is 4.90 Å². The van der Waals surface area contributed by atoms with Crippen LogP contribution in [0.5, 0.6) is 5.75 Å². The van der Waals surface area contributed by atoms with E-state index in [0.29, 0.717) is 12.2 Å². The van der Waals surface area contributed by atoms with Crippen LogP contribution in [0.25, 0.3) is 0 Å². The smallest absolute Gasteiger partial charge is 0.352 e. The Hall–Kier alpha value is -1.65. The van der Waals surface area contributed by atoms with Gasteiger partial charge in [-0.1, -0.05) is 45.9 Å². The number of amides is 1. The maximum Gasteiger partial charge on any atom is 0.352 e. The van der Waals surface area contributed by atoms with Crippen molar-refractivity contribution in [3.63, 3.8) is 0 Å². The highest BCUT2D eigenvalue weighted by Gasteiger charge is 2.60. The van der Waals surface area contributed by atoms with E-state index >= 15 is 0 Å². The van der Waals surface area contributed by atoms with Gasteiger partial charge >= 0.3 is 5.97 Å². The Kier molecular flexibility index (Phi) is 8.44. The average Bonchev–Trinajstić information content (AvgIpc) is 3.04. The monoisotopic (exact) mass is 583 g/mol. The van der Waals surface area contributed by atoms with Crippen LogP contribution in [0.15, 0.2) is 47.7 Å². The molecule has 180 valence electrons. The molecule has 0 spiro atoms. The Morgan fingerprint density at radius 3 is 2.45 bits per heavy atom. The van der Waals surface area contributed by atoms with E-state index in [0.717, 1.165) is 27.5 Å². The van der Waals surface area contributed by atoms with Crippen LogP contribution in [0, 0.1) is 15.4 Å². The molecule has 0 radical (unpaired) electrons. The molecule has 0 saturated carbocycles. The minimum Gasteiger partial charge on any atom is -0.488 e. The number of allylic oxidation sites excluding steroid dienone is 1. The summed E-state index contributed by atoms with van der Waals surface area (Å²) in [5, 5.41) is 9.90. The van der Waals surface area contributed by atoms with Crippen LogP contribution in [-0.4, -0.2) is 49.0 Å². The summed E-state index contributed by atoms with van der Waals surface area (Å²) in [5.74, 6) is -0.809. The van der Waals surface area contributed by atoms with Crippen molar-refractivity contribution < 1.29 is 23.9 Å². The van der Waals surface area contributed by atoms with E-state index in [1.165, 1.54) is 4.90 Å². The van der Waals surface area contributed by atoms with Crippen LogP contribution in [0.3, 0.4) is 0 Å². The highest BCUT2D eigenvalue weighted by molar-refractivity contribution is 14.1. The Balaban J connectivity index is 1.76. The fourth-order valence-electron chi connectivity index (χ4n) is 5.14. The van der Waals surface area contributed by atoms with E-state index in [1.807, 2.05) is 44.2 Å². The lowest BCUT2D eigenvalue weighted by Crippen LogP contribution is -2.65. The fraction of sp³-hybridized carbons (Fsp3) is 0.520. The third-order valence-electron chi connectivity index (χ3n) is 7.25. The number of hydrogen-bond donors (Lipinski definition) is 1. The van der Waals surface area contributed by atoms with E-state index < -0.39 is 14.3 Å². The molecule has 6 nitrogen and oxygen atoms in total. The van der Waals surface area contributed by atoms with E-state index in [4.69, 9.17) is 9.16 Å². The topological polar surface area (TPSA) is 76.1 Å². The standard InChI is InChI=1S/C25H34INO5Si/c1-6-33(7-2,8-3)32-17(5)21-22-16(4)18(23(25(29)30)27(22)24(21)28)12-11-15-31-20-14-10-9-13-19(20)26/h9-14,16-17,21-22H,6-8,15H2,1-5H3,(H,29,30)/b12-11+/t16-,17+,21+,22+/m0/s1. The first-order valence-electron chi connectivity index (χ1n) is 11.7. The van der Waals surface area contributed by atoms with Crippen LogP contribution in [0.2, 0.25) is 18.1 Å². The van der Waals surface area contributed by atoms with Crippen LogP contribution >= 0.6 is 22.6 Å². The number of carboxylic acids is 1. The lowest BCUT2D eigenvalue weighted by Gasteiger charge is -2.49. The first kappa shape index (κ1) is 26.0. The zero-order valence-electron chi connectivity index (χ0n) is 20.0. The van der Waals surface area contributed by atoms with Gasteiger partial charge in [0.15, 0.2) is 8.32 Å². The van der Waals surface area contributed by atoms with Crippen LogP contribution in [-0.2, 0) is 14.0 Å². The summed E-state index contributed by atoms with van der Waals surface area (Å²) in [6.45, 7) is 10.8. The highest BCUT2D eigenvalue weighted by atomic mass is 127. The normalized spacial score (nSPS) is 23.6. The molecule has 3 rings (SSSR count). The number of halogens is 1. The number of carbonyl (C=O) groups is 2. The van der Waals surface area contributed by atoms with Crippen molar-refractivity contribution in [3.05, 3.63) is 51.3 Å². The molecule has 1 fully saturated rings. The van der Waals surface area contributed by atoms with Gasteiger partial charge in [0, 0.05) is 5.92 Å². The second kappa shape index (κ2) is 10.7. The number of rotatable bonds is 11. The number of carbonyl (C=O) groups excluding carboxylic acids is 1. The lowest BCUT2D eigenvalue weighted by molar-refractivity contribution is -0.162. The highest BCUT2D eigenvalue weighted by Crippen LogP contribution is 2.48. The summed E-state index contributed by atoms with van der Waals surface area (Å²) >= 11 is 2.22. The summed E-state index contributed by atoms with van der Waals surface area (Å²) < 4.78 is 13.4. The van der Waals surface area contributed by atoms with E-state index in [2.05, 4.69) is 43.4 Å². The summed E-state index contributed by atoms with van der Waals surface area (Å²) in [7, 11) is -1.87. The van der Waals surface area contributed by atoms with Gasteiger partial charge in [-0.15, -0.1) is 0 Å². The average molecular weight is 584 g/mol. The van der Waals surface area contributed by atoms with Gasteiger partial charge in [0.25, 0.3) is 0 Å². The number of benzene rings is 1. The number of ether oxygens (including phenoxy) is 1. The van der Waals surface area contributed by atoms with Crippen molar-refractivity contribution in [2.75, 3.05) is 6.61 Å². The summed E-state index contributed by atoms with van der Waals surface area (Å²) in [5.41, 5.74) is 0.767. The molecule has 0 aliphatic carbocycles. The molecule has 1 saturated heterocycles. The zero-order chi connectivity index (χ0) is 24.3. The molecular weight excluding hydrogens is 549 g/mol. The number of para-hydroxylation sites is 1. The third-order valence-corrected chi connectivity index (χ3v) is 12.9. The number of carboxylic acid groups (broad SMARTS) is 1. The van der Waals surface area contributed by atoms with Crippen molar-refractivity contribution in [2.45, 2.75) is 64.9 Å². The molecule has 2 heterocycles. The van der Waals surface area contributed by atoms with Gasteiger partial charge in [0.1, 0.15) is 18.1 Å². The molecule has 4 atom stereocenters. The van der Waals surface area contributed by atoms with Gasteiger partial charge in [-0.25, -0.2) is 4.79 Å². The molecule has 0 unspecified atom stereocenters. The van der Waals surface area contributed by atoms with Crippen LogP contribution in [0.1, 0.15) is 34.6 Å². The second-order valence-corrected chi connectivity index (χ2v) is 14.7. The predicted octanol–water partition coefficient (Wildman–Crippen LogP) is 5.45. The minimum atomic E-state index is -1.87. The van der Waals surface area contributed by atoms with Crippen molar-refractivity contribution in [1.29, 1.82) is 0 Å². The molecule has 2 aliphatic heterocycles. The van der Waals surface area contributed by atoms with E-state index in [-0.39, 0.29) is 35.6 Å². The summed E-state index contributed by atoms with van der Waals surface area (Å²) in [6.07, 6.45) is 3.42. The van der Waals surface area contributed by atoms with E-state index in [9.17, 15) is 14.7 Å². The molecule has 1 N–H and O–H groups in total. The minimum absolute atomic E-state index is 0.0843. The maximum absolute atomic E-state index is 13.1. The van der Waals surface area contributed by atoms with E-state index in [1.54, 1.807) is 6.08 Å². The van der Waals surface area contributed by atoms with Crippen molar-refractivity contribution in [2.24, 2.45) is 11.8 Å². The van der Waals surface area contributed by atoms with Gasteiger partial charge in [-0.05, 0) is 71.4 Å². The number of nitrogens with zero attached hydrogens (tertiary/aromatic N) is 1. The van der Waals surface area contributed by atoms with Crippen molar-refractivity contribution >= 4 is 42.8 Å². The van der Waals surface area contributed by atoms with Gasteiger partial charge in [-0.2, -0.15) is 0 Å². The molecule has 33 heavy (non-hydrogen) atoms. The van der Waals surface area contributed by atoms with Crippen LogP contribution in [0.4, 0.5) is 0 Å². The largest absolute Gasteiger partial charge is 0.488 e. The molecule has 2 aliphatic rings. The molecule has 0 bridgehead atoms. The molecule has 8 heteroatoms. The lowest BCUT2D eigenvalue weighted by atomic mass is 9.77. The number of hydrogen-bond acceptors (Lipinski definition) is 4.